The smallest absolute Gasteiger partial charge is 0.314 e. The number of hydrogen-bond acceptors (Lipinski definition) is 2. The van der Waals surface area contributed by atoms with Crippen LogP contribution < -0.4 is 5.32 Å². The molecule has 8 heteroatoms. The van der Waals surface area contributed by atoms with Gasteiger partial charge in [0.1, 0.15) is 5.82 Å². The molecule has 2 rings (SSSR count). The third-order valence-corrected chi connectivity index (χ3v) is 3.85. The molecule has 0 spiro atoms. The Bertz CT molecular complexity index is 477. The molecule has 1 heterocycles. The van der Waals surface area contributed by atoms with Crippen molar-refractivity contribution < 1.29 is 17.6 Å². The Morgan fingerprint density at radius 2 is 1.78 bits per heavy atom. The molecule has 1 fully saturated rings. The van der Waals surface area contributed by atoms with E-state index in [2.05, 4.69) is 10.2 Å². The second kappa shape index (κ2) is 9.67. The van der Waals surface area contributed by atoms with Crippen molar-refractivity contribution in [3.8, 4) is 0 Å². The second-order valence-electron chi connectivity index (χ2n) is 5.30. The van der Waals surface area contributed by atoms with E-state index in [0.717, 1.165) is 38.7 Å². The number of nitrogens with zero attached hydrogens (tertiary/aromatic N) is 1. The van der Waals surface area contributed by atoms with Crippen molar-refractivity contribution in [1.29, 1.82) is 0 Å². The number of piperazine rings is 1. The van der Waals surface area contributed by atoms with Crippen LogP contribution in [0.2, 0.25) is 0 Å². The van der Waals surface area contributed by atoms with Gasteiger partial charge in [0.25, 0.3) is 0 Å². The van der Waals surface area contributed by atoms with Gasteiger partial charge in [0.2, 0.25) is 0 Å². The maximum Gasteiger partial charge on any atom is 0.419 e. The Morgan fingerprint density at radius 1 is 1.17 bits per heavy atom. The lowest BCUT2D eigenvalue weighted by Gasteiger charge is -2.35. The second-order valence-corrected chi connectivity index (χ2v) is 5.30. The Labute approximate surface area is 146 Å². The van der Waals surface area contributed by atoms with Gasteiger partial charge in [0, 0.05) is 37.8 Å². The molecule has 2 nitrogen and oxygen atoms in total. The molecular formula is C15H22Cl2F4N2. The third kappa shape index (κ3) is 5.48. The van der Waals surface area contributed by atoms with Crippen LogP contribution in [-0.4, -0.2) is 31.1 Å². The van der Waals surface area contributed by atoms with E-state index in [-0.39, 0.29) is 36.4 Å². The molecule has 0 amide bonds. The van der Waals surface area contributed by atoms with Crippen molar-refractivity contribution in [1.82, 2.24) is 10.2 Å². The van der Waals surface area contributed by atoms with E-state index < -0.39 is 17.6 Å². The first-order chi connectivity index (χ1) is 9.95. The van der Waals surface area contributed by atoms with Gasteiger partial charge in [0.15, 0.2) is 0 Å². The van der Waals surface area contributed by atoms with Crippen LogP contribution >= 0.6 is 24.8 Å². The minimum Gasteiger partial charge on any atom is -0.314 e. The van der Waals surface area contributed by atoms with E-state index in [1.807, 2.05) is 6.92 Å². The minimum absolute atomic E-state index is 0. The van der Waals surface area contributed by atoms with Crippen LogP contribution in [0.1, 0.15) is 36.9 Å². The van der Waals surface area contributed by atoms with E-state index in [1.54, 1.807) is 0 Å². The van der Waals surface area contributed by atoms with Crippen LogP contribution in [0.25, 0.3) is 0 Å². The summed E-state index contributed by atoms with van der Waals surface area (Å²) in [6.07, 6.45) is -3.21. The van der Waals surface area contributed by atoms with Gasteiger partial charge in [-0.3, -0.25) is 4.90 Å². The zero-order valence-corrected chi connectivity index (χ0v) is 14.5. The Kier molecular flexibility index (Phi) is 9.43. The molecule has 1 aromatic rings. The lowest BCUT2D eigenvalue weighted by molar-refractivity contribution is -0.140. The summed E-state index contributed by atoms with van der Waals surface area (Å²) in [5, 5.41) is 3.20. The van der Waals surface area contributed by atoms with Gasteiger partial charge in [-0.05, 0) is 12.5 Å². The molecule has 0 aliphatic carbocycles. The minimum atomic E-state index is -4.65. The van der Waals surface area contributed by atoms with E-state index in [1.165, 1.54) is 12.1 Å². The number of rotatable bonds is 4. The Balaban J connectivity index is 0.00000242. The molecule has 1 N–H and O–H groups in total. The fourth-order valence-corrected chi connectivity index (χ4v) is 2.83. The van der Waals surface area contributed by atoms with Crippen molar-refractivity contribution in [3.63, 3.8) is 0 Å². The summed E-state index contributed by atoms with van der Waals surface area (Å²) in [6.45, 7) is 4.96. The molecule has 134 valence electrons. The van der Waals surface area contributed by atoms with Crippen molar-refractivity contribution >= 4 is 24.8 Å². The standard InChI is InChI=1S/C15H20F4N2.2ClH/c1-2-4-13(21-9-7-20-8-10-21)11-5-3-6-12(14(11)16)15(17,18)19;;/h3,5-6,13,20H,2,4,7-10H2,1H3;2*1H/t13-;;/m0../s1. The number of halogens is 6. The van der Waals surface area contributed by atoms with Gasteiger partial charge in [-0.15, -0.1) is 24.8 Å². The average Bonchev–Trinajstić information content (AvgIpc) is 2.45. The van der Waals surface area contributed by atoms with Crippen molar-refractivity contribution in [3.05, 3.63) is 35.1 Å². The molecule has 0 radical (unpaired) electrons. The topological polar surface area (TPSA) is 15.3 Å². The van der Waals surface area contributed by atoms with Gasteiger partial charge in [-0.2, -0.15) is 13.2 Å². The van der Waals surface area contributed by atoms with Crippen LogP contribution in [-0.2, 0) is 6.18 Å². The van der Waals surface area contributed by atoms with E-state index in [4.69, 9.17) is 0 Å². The van der Waals surface area contributed by atoms with Crippen molar-refractivity contribution in [2.24, 2.45) is 0 Å². The number of benzene rings is 1. The largest absolute Gasteiger partial charge is 0.419 e. The van der Waals surface area contributed by atoms with Gasteiger partial charge in [-0.25, -0.2) is 4.39 Å². The van der Waals surface area contributed by atoms with Crippen LogP contribution in [0.5, 0.6) is 0 Å². The highest BCUT2D eigenvalue weighted by Gasteiger charge is 2.36. The first-order valence-electron chi connectivity index (χ1n) is 7.25. The van der Waals surface area contributed by atoms with Crippen LogP contribution in [0.4, 0.5) is 17.6 Å². The maximum atomic E-state index is 14.3. The molecule has 23 heavy (non-hydrogen) atoms. The molecule has 0 saturated carbocycles. The molecular weight excluding hydrogens is 355 g/mol. The zero-order chi connectivity index (χ0) is 15.5. The van der Waals surface area contributed by atoms with Crippen LogP contribution in [0.3, 0.4) is 0 Å². The van der Waals surface area contributed by atoms with E-state index in [0.29, 0.717) is 6.42 Å². The quantitative estimate of drug-likeness (QED) is 0.781. The first kappa shape index (κ1) is 22.4. The molecule has 1 atom stereocenters. The maximum absolute atomic E-state index is 14.3. The summed E-state index contributed by atoms with van der Waals surface area (Å²) in [5.41, 5.74) is -1.01. The van der Waals surface area contributed by atoms with Crippen LogP contribution in [0.15, 0.2) is 18.2 Å². The summed E-state index contributed by atoms with van der Waals surface area (Å²) in [4.78, 5) is 2.07. The zero-order valence-electron chi connectivity index (χ0n) is 12.8. The van der Waals surface area contributed by atoms with Gasteiger partial charge in [0.05, 0.1) is 5.56 Å². The molecule has 0 aromatic heterocycles. The summed E-state index contributed by atoms with van der Waals surface area (Å²) in [6, 6.07) is 3.29. The molecule has 0 unspecified atom stereocenters. The fraction of sp³-hybridized carbons (Fsp3) is 0.600. The Morgan fingerprint density at radius 3 is 2.30 bits per heavy atom. The summed E-state index contributed by atoms with van der Waals surface area (Å²) < 4.78 is 52.9. The van der Waals surface area contributed by atoms with Gasteiger partial charge in [-0.1, -0.05) is 25.5 Å². The molecule has 1 aliphatic rings. The first-order valence-corrected chi connectivity index (χ1v) is 7.25. The highest BCUT2D eigenvalue weighted by atomic mass is 35.5. The molecule has 1 saturated heterocycles. The number of nitrogens with one attached hydrogen (secondary N) is 1. The van der Waals surface area contributed by atoms with Crippen molar-refractivity contribution in [2.45, 2.75) is 32.0 Å². The molecule has 0 bridgehead atoms. The fourth-order valence-electron chi connectivity index (χ4n) is 2.83. The average molecular weight is 377 g/mol. The summed E-state index contributed by atoms with van der Waals surface area (Å²) >= 11 is 0. The van der Waals surface area contributed by atoms with Gasteiger partial charge >= 0.3 is 6.18 Å². The molecule has 1 aliphatic heterocycles. The predicted octanol–water partition coefficient (Wildman–Crippen LogP) is 4.43. The SMILES string of the molecule is CCC[C@@H](c1cccc(C(F)(F)F)c1F)N1CCNCC1.Cl.Cl. The van der Waals surface area contributed by atoms with E-state index in [9.17, 15) is 17.6 Å². The highest BCUT2D eigenvalue weighted by Crippen LogP contribution is 2.36. The summed E-state index contributed by atoms with van der Waals surface area (Å²) in [5.74, 6) is -1.12. The van der Waals surface area contributed by atoms with E-state index >= 15 is 0 Å². The molecule has 1 aromatic carbocycles. The lowest BCUT2D eigenvalue weighted by atomic mass is 9.97. The third-order valence-electron chi connectivity index (χ3n) is 3.85. The van der Waals surface area contributed by atoms with Crippen molar-refractivity contribution in [2.75, 3.05) is 26.2 Å². The number of alkyl halides is 3. The van der Waals surface area contributed by atoms with Gasteiger partial charge < -0.3 is 5.32 Å². The highest BCUT2D eigenvalue weighted by molar-refractivity contribution is 5.85. The number of hydrogen-bond donors (Lipinski definition) is 1. The predicted molar refractivity (Wildman–Crippen MR) is 88.0 cm³/mol. The monoisotopic (exact) mass is 376 g/mol. The Hall–Kier alpha value is -0.560. The van der Waals surface area contributed by atoms with Crippen LogP contribution in [0, 0.1) is 5.82 Å². The normalized spacial score (nSPS) is 17.1. The summed E-state index contributed by atoms with van der Waals surface area (Å²) in [7, 11) is 0. The lowest BCUT2D eigenvalue weighted by Crippen LogP contribution is -2.45.